The average Bonchev–Trinajstić information content (AvgIpc) is 2.84. The van der Waals surface area contributed by atoms with E-state index in [1.165, 1.54) is 0 Å². The SMILES string of the molecule is CCC(C)(C)NC(=O)c1ccc(Cn2ccnc2C)cc1. The van der Waals surface area contributed by atoms with Crippen LogP contribution in [0.1, 0.15) is 48.9 Å². The number of amides is 1. The van der Waals surface area contributed by atoms with Crippen molar-refractivity contribution in [1.29, 1.82) is 0 Å². The molecular formula is C17H23N3O. The van der Waals surface area contributed by atoms with E-state index in [0.717, 1.165) is 24.4 Å². The second-order valence-corrected chi connectivity index (χ2v) is 5.99. The summed E-state index contributed by atoms with van der Waals surface area (Å²) >= 11 is 0. The van der Waals surface area contributed by atoms with Gasteiger partial charge < -0.3 is 9.88 Å². The molecule has 0 radical (unpaired) electrons. The van der Waals surface area contributed by atoms with Crippen molar-refractivity contribution in [1.82, 2.24) is 14.9 Å². The number of nitrogens with one attached hydrogen (secondary N) is 1. The quantitative estimate of drug-likeness (QED) is 0.917. The largest absolute Gasteiger partial charge is 0.347 e. The normalized spacial score (nSPS) is 11.4. The van der Waals surface area contributed by atoms with Crippen LogP contribution in [0, 0.1) is 6.92 Å². The Morgan fingerprint density at radius 3 is 2.48 bits per heavy atom. The number of hydrogen-bond acceptors (Lipinski definition) is 2. The van der Waals surface area contributed by atoms with Crippen LogP contribution in [-0.2, 0) is 6.54 Å². The van der Waals surface area contributed by atoms with Gasteiger partial charge in [-0.05, 0) is 44.9 Å². The molecule has 0 aliphatic heterocycles. The fourth-order valence-corrected chi connectivity index (χ4v) is 2.00. The lowest BCUT2D eigenvalue weighted by Gasteiger charge is -2.24. The van der Waals surface area contributed by atoms with Gasteiger partial charge in [0.05, 0.1) is 0 Å². The molecule has 1 amide bonds. The molecule has 0 saturated carbocycles. The van der Waals surface area contributed by atoms with Gasteiger partial charge in [-0.1, -0.05) is 19.1 Å². The fraction of sp³-hybridized carbons (Fsp3) is 0.412. The molecule has 1 aromatic heterocycles. The average molecular weight is 285 g/mol. The van der Waals surface area contributed by atoms with Gasteiger partial charge in [0, 0.05) is 30.0 Å². The lowest BCUT2D eigenvalue weighted by molar-refractivity contribution is 0.0911. The molecule has 1 N–H and O–H groups in total. The molecule has 2 aromatic rings. The molecule has 21 heavy (non-hydrogen) atoms. The molecule has 0 unspecified atom stereocenters. The van der Waals surface area contributed by atoms with Crippen molar-refractivity contribution in [2.45, 2.75) is 46.2 Å². The van der Waals surface area contributed by atoms with Gasteiger partial charge in [0.2, 0.25) is 0 Å². The summed E-state index contributed by atoms with van der Waals surface area (Å²) in [6.45, 7) is 8.88. The summed E-state index contributed by atoms with van der Waals surface area (Å²) in [5.74, 6) is 0.966. The standard InChI is InChI=1S/C17H23N3O/c1-5-17(3,4)19-16(21)15-8-6-14(7-9-15)12-20-11-10-18-13(20)2/h6-11H,5,12H2,1-4H3,(H,19,21). The third-order valence-electron chi connectivity index (χ3n) is 3.83. The van der Waals surface area contributed by atoms with Crippen molar-refractivity contribution in [3.05, 3.63) is 53.6 Å². The highest BCUT2D eigenvalue weighted by Gasteiger charge is 2.18. The van der Waals surface area contributed by atoms with E-state index in [1.54, 1.807) is 6.20 Å². The van der Waals surface area contributed by atoms with Crippen molar-refractivity contribution < 1.29 is 4.79 Å². The van der Waals surface area contributed by atoms with Crippen LogP contribution in [0.15, 0.2) is 36.7 Å². The summed E-state index contributed by atoms with van der Waals surface area (Å²) in [6.07, 6.45) is 4.65. The number of imidazole rings is 1. The number of carbonyl (C=O) groups excluding carboxylic acids is 1. The Labute approximate surface area is 126 Å². The second kappa shape index (κ2) is 6.12. The van der Waals surface area contributed by atoms with Crippen LogP contribution in [0.5, 0.6) is 0 Å². The molecular weight excluding hydrogens is 262 g/mol. The topological polar surface area (TPSA) is 46.9 Å². The summed E-state index contributed by atoms with van der Waals surface area (Å²) in [5.41, 5.74) is 1.67. The molecule has 1 aromatic carbocycles. The van der Waals surface area contributed by atoms with E-state index < -0.39 is 0 Å². The van der Waals surface area contributed by atoms with Gasteiger partial charge in [0.1, 0.15) is 5.82 Å². The van der Waals surface area contributed by atoms with Crippen LogP contribution >= 0.6 is 0 Å². The van der Waals surface area contributed by atoms with Gasteiger partial charge in [-0.25, -0.2) is 4.98 Å². The van der Waals surface area contributed by atoms with Crippen molar-refractivity contribution in [3.63, 3.8) is 0 Å². The number of nitrogens with zero attached hydrogens (tertiary/aromatic N) is 2. The van der Waals surface area contributed by atoms with E-state index in [0.29, 0.717) is 5.56 Å². The molecule has 0 atom stereocenters. The Morgan fingerprint density at radius 2 is 1.95 bits per heavy atom. The Balaban J connectivity index is 2.05. The second-order valence-electron chi connectivity index (χ2n) is 5.99. The fourth-order valence-electron chi connectivity index (χ4n) is 2.00. The van der Waals surface area contributed by atoms with Crippen molar-refractivity contribution in [2.24, 2.45) is 0 Å². The van der Waals surface area contributed by atoms with E-state index >= 15 is 0 Å². The van der Waals surface area contributed by atoms with E-state index in [4.69, 9.17) is 0 Å². The van der Waals surface area contributed by atoms with Gasteiger partial charge in [-0.15, -0.1) is 0 Å². The molecule has 0 aliphatic rings. The minimum absolute atomic E-state index is 0.0211. The van der Waals surface area contributed by atoms with E-state index in [1.807, 2.05) is 51.2 Å². The lowest BCUT2D eigenvalue weighted by Crippen LogP contribution is -2.42. The van der Waals surface area contributed by atoms with Gasteiger partial charge in [-0.3, -0.25) is 4.79 Å². The smallest absolute Gasteiger partial charge is 0.251 e. The first-order valence-corrected chi connectivity index (χ1v) is 7.30. The Hall–Kier alpha value is -2.10. The summed E-state index contributed by atoms with van der Waals surface area (Å²) in [4.78, 5) is 16.4. The molecule has 4 heteroatoms. The number of hydrogen-bond donors (Lipinski definition) is 1. The zero-order valence-corrected chi connectivity index (χ0v) is 13.2. The first kappa shape index (κ1) is 15.3. The highest BCUT2D eigenvalue weighted by atomic mass is 16.1. The highest BCUT2D eigenvalue weighted by Crippen LogP contribution is 2.11. The molecule has 2 rings (SSSR count). The van der Waals surface area contributed by atoms with Crippen LogP contribution < -0.4 is 5.32 Å². The van der Waals surface area contributed by atoms with Crippen molar-refractivity contribution in [3.8, 4) is 0 Å². The van der Waals surface area contributed by atoms with Gasteiger partial charge in [0.25, 0.3) is 5.91 Å². The summed E-state index contributed by atoms with van der Waals surface area (Å²) in [6, 6.07) is 7.74. The van der Waals surface area contributed by atoms with Crippen LogP contribution in [-0.4, -0.2) is 21.0 Å². The number of aryl methyl sites for hydroxylation is 1. The molecule has 0 aliphatic carbocycles. The van der Waals surface area contributed by atoms with E-state index in [2.05, 4.69) is 21.8 Å². The number of carbonyl (C=O) groups is 1. The van der Waals surface area contributed by atoms with Crippen LogP contribution in [0.4, 0.5) is 0 Å². The predicted octanol–water partition coefficient (Wildman–Crippen LogP) is 3.16. The molecule has 0 saturated heterocycles. The minimum Gasteiger partial charge on any atom is -0.347 e. The maximum absolute atomic E-state index is 12.2. The molecule has 0 fully saturated rings. The third-order valence-corrected chi connectivity index (χ3v) is 3.83. The summed E-state index contributed by atoms with van der Waals surface area (Å²) in [5, 5.41) is 3.04. The van der Waals surface area contributed by atoms with Crippen LogP contribution in [0.3, 0.4) is 0 Å². The number of rotatable bonds is 5. The van der Waals surface area contributed by atoms with Crippen LogP contribution in [0.2, 0.25) is 0 Å². The van der Waals surface area contributed by atoms with Gasteiger partial charge >= 0.3 is 0 Å². The molecule has 112 valence electrons. The van der Waals surface area contributed by atoms with Crippen molar-refractivity contribution in [2.75, 3.05) is 0 Å². The first-order chi connectivity index (χ1) is 9.91. The van der Waals surface area contributed by atoms with Crippen LogP contribution in [0.25, 0.3) is 0 Å². The zero-order valence-electron chi connectivity index (χ0n) is 13.2. The number of benzene rings is 1. The maximum Gasteiger partial charge on any atom is 0.251 e. The third kappa shape index (κ3) is 3.94. The summed E-state index contributed by atoms with van der Waals surface area (Å²) < 4.78 is 2.08. The zero-order chi connectivity index (χ0) is 15.5. The van der Waals surface area contributed by atoms with Gasteiger partial charge in [-0.2, -0.15) is 0 Å². The highest BCUT2D eigenvalue weighted by molar-refractivity contribution is 5.94. The monoisotopic (exact) mass is 285 g/mol. The number of aromatic nitrogens is 2. The van der Waals surface area contributed by atoms with Gasteiger partial charge in [0.15, 0.2) is 0 Å². The Morgan fingerprint density at radius 1 is 1.29 bits per heavy atom. The van der Waals surface area contributed by atoms with E-state index in [9.17, 15) is 4.79 Å². The molecule has 4 nitrogen and oxygen atoms in total. The molecule has 0 bridgehead atoms. The predicted molar refractivity (Wildman–Crippen MR) is 84.3 cm³/mol. The van der Waals surface area contributed by atoms with E-state index in [-0.39, 0.29) is 11.4 Å². The molecule has 0 spiro atoms. The lowest BCUT2D eigenvalue weighted by atomic mass is 10.0. The Kier molecular flexibility index (Phi) is 4.46. The first-order valence-electron chi connectivity index (χ1n) is 7.30. The minimum atomic E-state index is -0.177. The van der Waals surface area contributed by atoms with Crippen molar-refractivity contribution >= 4 is 5.91 Å². The Bertz CT molecular complexity index is 611. The summed E-state index contributed by atoms with van der Waals surface area (Å²) in [7, 11) is 0. The maximum atomic E-state index is 12.2. The molecule has 1 heterocycles.